The number of nitrogens with zero attached hydrogens (tertiary/aromatic N) is 1. The summed E-state index contributed by atoms with van der Waals surface area (Å²) < 4.78 is 0. The summed E-state index contributed by atoms with van der Waals surface area (Å²) in [5.74, 6) is 0.179. The first-order valence-corrected chi connectivity index (χ1v) is 6.50. The van der Waals surface area contributed by atoms with E-state index in [4.69, 9.17) is 0 Å². The van der Waals surface area contributed by atoms with Crippen molar-refractivity contribution < 1.29 is 4.79 Å². The molecule has 0 radical (unpaired) electrons. The highest BCUT2D eigenvalue weighted by Gasteiger charge is 2.22. The number of likely N-dealkylation sites (N-methyl/N-ethyl adjacent to an activating group) is 1. The van der Waals surface area contributed by atoms with Crippen LogP contribution in [0.4, 0.5) is 0 Å². The smallest absolute Gasteiger partial charge is 0.240 e. The molecule has 1 saturated heterocycles. The summed E-state index contributed by atoms with van der Waals surface area (Å²) in [5.41, 5.74) is 1.27. The third kappa shape index (κ3) is 3.55. The molecule has 1 atom stereocenters. The van der Waals surface area contributed by atoms with E-state index in [1.165, 1.54) is 5.56 Å². The van der Waals surface area contributed by atoms with Crippen molar-refractivity contribution in [3.63, 3.8) is 0 Å². The SMILES string of the molecule is CN(CCc1ccccc1)C(=O)C1CNCCN1. The Morgan fingerprint density at radius 2 is 2.11 bits per heavy atom. The molecular formula is C14H21N3O. The number of rotatable bonds is 4. The molecule has 0 saturated carbocycles. The Hall–Kier alpha value is -1.39. The first-order chi connectivity index (χ1) is 8.77. The van der Waals surface area contributed by atoms with Crippen molar-refractivity contribution in [3.05, 3.63) is 35.9 Å². The lowest BCUT2D eigenvalue weighted by atomic mass is 10.1. The van der Waals surface area contributed by atoms with E-state index in [0.29, 0.717) is 0 Å². The molecule has 0 bridgehead atoms. The normalized spacial score (nSPS) is 19.5. The summed E-state index contributed by atoms with van der Waals surface area (Å²) in [7, 11) is 1.88. The Balaban J connectivity index is 1.80. The molecule has 4 heteroatoms. The maximum absolute atomic E-state index is 12.1. The van der Waals surface area contributed by atoms with Crippen LogP contribution < -0.4 is 10.6 Å². The molecule has 0 aromatic heterocycles. The summed E-state index contributed by atoms with van der Waals surface area (Å²) in [6.07, 6.45) is 0.906. The molecule has 1 aromatic carbocycles. The van der Waals surface area contributed by atoms with Gasteiger partial charge in [0.2, 0.25) is 5.91 Å². The Labute approximate surface area is 108 Å². The molecule has 1 fully saturated rings. The van der Waals surface area contributed by atoms with Gasteiger partial charge in [-0.05, 0) is 12.0 Å². The zero-order valence-corrected chi connectivity index (χ0v) is 10.9. The van der Waals surface area contributed by atoms with E-state index in [1.54, 1.807) is 0 Å². The second-order valence-electron chi connectivity index (χ2n) is 4.71. The Kier molecular flexibility index (Phi) is 4.73. The summed E-state index contributed by atoms with van der Waals surface area (Å²) in [4.78, 5) is 14.0. The topological polar surface area (TPSA) is 44.4 Å². The molecule has 1 heterocycles. The molecule has 0 aliphatic carbocycles. The number of amides is 1. The average molecular weight is 247 g/mol. The Morgan fingerprint density at radius 3 is 2.78 bits per heavy atom. The largest absolute Gasteiger partial charge is 0.344 e. The maximum atomic E-state index is 12.1. The minimum Gasteiger partial charge on any atom is -0.344 e. The van der Waals surface area contributed by atoms with Gasteiger partial charge in [-0.2, -0.15) is 0 Å². The summed E-state index contributed by atoms with van der Waals surface area (Å²) in [5, 5.41) is 6.48. The molecule has 2 rings (SSSR count). The summed E-state index contributed by atoms with van der Waals surface area (Å²) in [6.45, 7) is 3.30. The van der Waals surface area contributed by atoms with E-state index in [1.807, 2.05) is 30.1 Å². The quantitative estimate of drug-likeness (QED) is 0.801. The number of hydrogen-bond donors (Lipinski definition) is 2. The van der Waals surface area contributed by atoms with Gasteiger partial charge in [-0.3, -0.25) is 4.79 Å². The highest BCUT2D eigenvalue weighted by molar-refractivity contribution is 5.82. The Bertz CT molecular complexity index is 374. The lowest BCUT2D eigenvalue weighted by molar-refractivity contribution is -0.132. The van der Waals surface area contributed by atoms with Gasteiger partial charge in [-0.15, -0.1) is 0 Å². The third-order valence-corrected chi connectivity index (χ3v) is 3.29. The van der Waals surface area contributed by atoms with Gasteiger partial charge in [0.1, 0.15) is 0 Å². The minimum atomic E-state index is -0.0699. The van der Waals surface area contributed by atoms with Crippen molar-refractivity contribution in [2.45, 2.75) is 12.5 Å². The van der Waals surface area contributed by atoms with Crippen LogP contribution in [0.2, 0.25) is 0 Å². The van der Waals surface area contributed by atoms with Gasteiger partial charge < -0.3 is 15.5 Å². The number of benzene rings is 1. The molecule has 18 heavy (non-hydrogen) atoms. The van der Waals surface area contributed by atoms with Crippen molar-refractivity contribution in [2.24, 2.45) is 0 Å². The second kappa shape index (κ2) is 6.52. The fourth-order valence-electron chi connectivity index (χ4n) is 2.15. The van der Waals surface area contributed by atoms with Gasteiger partial charge in [0.15, 0.2) is 0 Å². The van der Waals surface area contributed by atoms with E-state index in [2.05, 4.69) is 22.8 Å². The van der Waals surface area contributed by atoms with Crippen LogP contribution in [-0.2, 0) is 11.2 Å². The number of nitrogens with one attached hydrogen (secondary N) is 2. The van der Waals surface area contributed by atoms with Crippen LogP contribution in [0.15, 0.2) is 30.3 Å². The van der Waals surface area contributed by atoms with Gasteiger partial charge in [0.05, 0.1) is 6.04 Å². The number of piperazine rings is 1. The molecule has 1 unspecified atom stereocenters. The predicted octanol–water partition coefficient (Wildman–Crippen LogP) is 0.249. The molecule has 1 aromatic rings. The van der Waals surface area contributed by atoms with E-state index in [-0.39, 0.29) is 11.9 Å². The van der Waals surface area contributed by atoms with Gasteiger partial charge in [0, 0.05) is 33.2 Å². The molecule has 1 aliphatic heterocycles. The highest BCUT2D eigenvalue weighted by atomic mass is 16.2. The fraction of sp³-hybridized carbons (Fsp3) is 0.500. The predicted molar refractivity (Wildman–Crippen MR) is 72.4 cm³/mol. The maximum Gasteiger partial charge on any atom is 0.240 e. The minimum absolute atomic E-state index is 0.0699. The van der Waals surface area contributed by atoms with Crippen LogP contribution >= 0.6 is 0 Å². The van der Waals surface area contributed by atoms with Crippen LogP contribution in [0.1, 0.15) is 5.56 Å². The first-order valence-electron chi connectivity index (χ1n) is 6.50. The van der Waals surface area contributed by atoms with Crippen molar-refractivity contribution in [1.82, 2.24) is 15.5 Å². The van der Waals surface area contributed by atoms with Crippen molar-refractivity contribution in [1.29, 1.82) is 0 Å². The third-order valence-electron chi connectivity index (χ3n) is 3.29. The molecular weight excluding hydrogens is 226 g/mol. The average Bonchev–Trinajstić information content (AvgIpc) is 2.46. The van der Waals surface area contributed by atoms with Gasteiger partial charge in [-0.1, -0.05) is 30.3 Å². The number of hydrogen-bond acceptors (Lipinski definition) is 3. The van der Waals surface area contributed by atoms with E-state index >= 15 is 0 Å². The molecule has 4 nitrogen and oxygen atoms in total. The van der Waals surface area contributed by atoms with Crippen molar-refractivity contribution in [2.75, 3.05) is 33.2 Å². The van der Waals surface area contributed by atoms with Crippen molar-refractivity contribution >= 4 is 5.91 Å². The van der Waals surface area contributed by atoms with E-state index in [9.17, 15) is 4.79 Å². The molecule has 1 amide bonds. The van der Waals surface area contributed by atoms with Gasteiger partial charge in [-0.25, -0.2) is 0 Å². The zero-order chi connectivity index (χ0) is 12.8. The van der Waals surface area contributed by atoms with Crippen LogP contribution in [-0.4, -0.2) is 50.1 Å². The first kappa shape index (κ1) is 13.1. The van der Waals surface area contributed by atoms with Gasteiger partial charge in [0.25, 0.3) is 0 Å². The lowest BCUT2D eigenvalue weighted by Gasteiger charge is -2.28. The summed E-state index contributed by atoms with van der Waals surface area (Å²) in [6, 6.07) is 10.2. The highest BCUT2D eigenvalue weighted by Crippen LogP contribution is 2.02. The number of carbonyl (C=O) groups excluding carboxylic acids is 1. The standard InChI is InChI=1S/C14H21N3O/c1-17(10-7-12-5-3-2-4-6-12)14(18)13-11-15-8-9-16-13/h2-6,13,15-16H,7-11H2,1H3. The lowest BCUT2D eigenvalue weighted by Crippen LogP contribution is -2.56. The molecule has 0 spiro atoms. The van der Waals surface area contributed by atoms with E-state index < -0.39 is 0 Å². The fourth-order valence-corrected chi connectivity index (χ4v) is 2.15. The monoisotopic (exact) mass is 247 g/mol. The second-order valence-corrected chi connectivity index (χ2v) is 4.71. The van der Waals surface area contributed by atoms with Crippen molar-refractivity contribution in [3.8, 4) is 0 Å². The zero-order valence-electron chi connectivity index (χ0n) is 10.9. The van der Waals surface area contributed by atoms with Gasteiger partial charge >= 0.3 is 0 Å². The van der Waals surface area contributed by atoms with Crippen LogP contribution in [0.5, 0.6) is 0 Å². The molecule has 98 valence electrons. The molecule has 1 aliphatic rings. The number of carbonyl (C=O) groups is 1. The van der Waals surface area contributed by atoms with Crippen LogP contribution in [0.25, 0.3) is 0 Å². The Morgan fingerprint density at radius 1 is 1.33 bits per heavy atom. The summed E-state index contributed by atoms with van der Waals surface area (Å²) >= 11 is 0. The van der Waals surface area contributed by atoms with Crippen LogP contribution in [0, 0.1) is 0 Å². The van der Waals surface area contributed by atoms with Crippen LogP contribution in [0.3, 0.4) is 0 Å². The molecule has 2 N–H and O–H groups in total. The van der Waals surface area contributed by atoms with E-state index in [0.717, 1.165) is 32.6 Å².